The molecule has 0 unspecified atom stereocenters. The van der Waals surface area contributed by atoms with E-state index in [1.54, 1.807) is 12.1 Å². The second kappa shape index (κ2) is 6.50. The maximum Gasteiger partial charge on any atom is 0.296 e. The molecule has 1 amide bonds. The molecular formula is C11H18N4O3S. The summed E-state index contributed by atoms with van der Waals surface area (Å²) in [5.41, 5.74) is 6.39. The number of benzene rings is 1. The van der Waals surface area contributed by atoms with Crippen LogP contribution in [0.1, 0.15) is 19.8 Å². The highest BCUT2D eigenvalue weighted by Gasteiger charge is 2.12. The molecule has 0 radical (unpaired) electrons. The average molecular weight is 286 g/mol. The van der Waals surface area contributed by atoms with E-state index in [0.29, 0.717) is 12.1 Å². The Kier molecular flexibility index (Phi) is 5.28. The van der Waals surface area contributed by atoms with E-state index >= 15 is 0 Å². The predicted octanol–water partition coefficient (Wildman–Crippen LogP) is 0.368. The fraction of sp³-hybridized carbons (Fsp3) is 0.364. The first kappa shape index (κ1) is 15.4. The van der Waals surface area contributed by atoms with Crippen LogP contribution in [0.2, 0.25) is 0 Å². The van der Waals surface area contributed by atoms with Gasteiger partial charge in [0.2, 0.25) is 5.91 Å². The van der Waals surface area contributed by atoms with Crippen LogP contribution in [0.15, 0.2) is 24.3 Å². The van der Waals surface area contributed by atoms with Gasteiger partial charge in [-0.25, -0.2) is 5.14 Å². The first-order valence-electron chi connectivity index (χ1n) is 5.79. The summed E-state index contributed by atoms with van der Waals surface area (Å²) in [5, 5.41) is 7.47. The molecule has 0 aliphatic heterocycles. The lowest BCUT2D eigenvalue weighted by molar-refractivity contribution is -0.117. The van der Waals surface area contributed by atoms with E-state index in [2.05, 4.69) is 10.0 Å². The summed E-state index contributed by atoms with van der Waals surface area (Å²) < 4.78 is 23.9. The van der Waals surface area contributed by atoms with Gasteiger partial charge in [-0.05, 0) is 24.6 Å². The molecule has 0 aromatic heterocycles. The highest BCUT2D eigenvalue weighted by Crippen LogP contribution is 2.16. The van der Waals surface area contributed by atoms with E-state index in [0.717, 1.165) is 6.42 Å². The standard InChI is InChI=1S/C11H18N4O3S/c1-2-4-10(12)11(16)14-8-5-3-6-9(7-8)15-19(13,17)18/h3,5-7,10,15H,2,4,12H2,1H3,(H,14,16)(H2,13,17,18)/t10-/m1/s1. The summed E-state index contributed by atoms with van der Waals surface area (Å²) in [6, 6.07) is 5.62. The Hall–Kier alpha value is -1.64. The Bertz CT molecular complexity index is 545. The Morgan fingerprint density at radius 3 is 2.58 bits per heavy atom. The van der Waals surface area contributed by atoms with Crippen molar-refractivity contribution >= 4 is 27.5 Å². The molecule has 1 aromatic rings. The van der Waals surface area contributed by atoms with Crippen LogP contribution >= 0.6 is 0 Å². The van der Waals surface area contributed by atoms with Crippen LogP contribution in [0.4, 0.5) is 11.4 Å². The maximum atomic E-state index is 11.7. The van der Waals surface area contributed by atoms with Gasteiger partial charge >= 0.3 is 0 Å². The maximum absolute atomic E-state index is 11.7. The van der Waals surface area contributed by atoms with Crippen molar-refractivity contribution in [1.29, 1.82) is 0 Å². The summed E-state index contributed by atoms with van der Waals surface area (Å²) in [6.07, 6.45) is 1.39. The molecule has 7 nitrogen and oxygen atoms in total. The van der Waals surface area contributed by atoms with Crippen molar-refractivity contribution in [3.05, 3.63) is 24.3 Å². The Balaban J connectivity index is 2.75. The molecule has 106 valence electrons. The highest BCUT2D eigenvalue weighted by molar-refractivity contribution is 7.90. The first-order valence-corrected chi connectivity index (χ1v) is 7.33. The fourth-order valence-electron chi connectivity index (χ4n) is 1.50. The van der Waals surface area contributed by atoms with Crippen molar-refractivity contribution in [3.63, 3.8) is 0 Å². The average Bonchev–Trinajstić information content (AvgIpc) is 2.27. The first-order chi connectivity index (χ1) is 8.81. The van der Waals surface area contributed by atoms with Gasteiger partial charge in [-0.3, -0.25) is 9.52 Å². The van der Waals surface area contributed by atoms with E-state index in [1.165, 1.54) is 12.1 Å². The molecule has 1 aromatic carbocycles. The van der Waals surface area contributed by atoms with Crippen molar-refractivity contribution in [2.45, 2.75) is 25.8 Å². The molecule has 0 bridgehead atoms. The van der Waals surface area contributed by atoms with Gasteiger partial charge < -0.3 is 11.1 Å². The van der Waals surface area contributed by atoms with Crippen LogP contribution in [-0.2, 0) is 15.0 Å². The summed E-state index contributed by atoms with van der Waals surface area (Å²) in [7, 11) is -3.83. The molecule has 0 fully saturated rings. The zero-order chi connectivity index (χ0) is 14.5. The number of nitrogens with two attached hydrogens (primary N) is 2. The lowest BCUT2D eigenvalue weighted by Gasteiger charge is -2.12. The summed E-state index contributed by atoms with van der Waals surface area (Å²) in [4.78, 5) is 11.7. The number of rotatable bonds is 6. The third-order valence-electron chi connectivity index (χ3n) is 2.33. The van der Waals surface area contributed by atoms with E-state index in [9.17, 15) is 13.2 Å². The van der Waals surface area contributed by atoms with E-state index < -0.39 is 16.3 Å². The Morgan fingerprint density at radius 2 is 2.00 bits per heavy atom. The quantitative estimate of drug-likeness (QED) is 0.602. The van der Waals surface area contributed by atoms with Crippen molar-refractivity contribution in [2.24, 2.45) is 10.9 Å². The summed E-state index contributed by atoms with van der Waals surface area (Å²) >= 11 is 0. The second-order valence-electron chi connectivity index (χ2n) is 4.11. The molecule has 0 aliphatic rings. The van der Waals surface area contributed by atoms with E-state index in [4.69, 9.17) is 10.9 Å². The third kappa shape index (κ3) is 5.69. The van der Waals surface area contributed by atoms with Gasteiger partial charge in [-0.2, -0.15) is 8.42 Å². The number of anilines is 2. The van der Waals surface area contributed by atoms with Crippen LogP contribution in [0.5, 0.6) is 0 Å². The Labute approximate surface area is 112 Å². The topological polar surface area (TPSA) is 127 Å². The van der Waals surface area contributed by atoms with Crippen molar-refractivity contribution in [2.75, 3.05) is 10.0 Å². The van der Waals surface area contributed by atoms with Gasteiger partial charge in [-0.1, -0.05) is 19.4 Å². The van der Waals surface area contributed by atoms with E-state index in [1.807, 2.05) is 6.92 Å². The molecule has 6 N–H and O–H groups in total. The molecule has 1 atom stereocenters. The van der Waals surface area contributed by atoms with Crippen molar-refractivity contribution < 1.29 is 13.2 Å². The minimum absolute atomic E-state index is 0.268. The fourth-order valence-corrected chi connectivity index (χ4v) is 1.96. The lowest BCUT2D eigenvalue weighted by Crippen LogP contribution is -2.35. The monoisotopic (exact) mass is 286 g/mol. The van der Waals surface area contributed by atoms with Crippen LogP contribution in [0.25, 0.3) is 0 Å². The Morgan fingerprint density at radius 1 is 1.37 bits per heavy atom. The van der Waals surface area contributed by atoms with Gasteiger partial charge in [0, 0.05) is 5.69 Å². The van der Waals surface area contributed by atoms with Crippen molar-refractivity contribution in [1.82, 2.24) is 0 Å². The molecule has 0 spiro atoms. The third-order valence-corrected chi connectivity index (χ3v) is 2.85. The number of hydrogen-bond acceptors (Lipinski definition) is 4. The second-order valence-corrected chi connectivity index (χ2v) is 5.41. The smallest absolute Gasteiger partial charge is 0.296 e. The molecule has 0 saturated carbocycles. The van der Waals surface area contributed by atoms with Gasteiger partial charge in [0.1, 0.15) is 0 Å². The van der Waals surface area contributed by atoms with E-state index in [-0.39, 0.29) is 11.6 Å². The molecule has 0 aliphatic carbocycles. The number of amides is 1. The number of nitrogens with one attached hydrogen (secondary N) is 2. The number of carbonyl (C=O) groups is 1. The normalized spacial score (nSPS) is 12.8. The van der Waals surface area contributed by atoms with Crippen LogP contribution in [-0.4, -0.2) is 20.4 Å². The molecule has 0 saturated heterocycles. The van der Waals surface area contributed by atoms with Crippen LogP contribution in [0.3, 0.4) is 0 Å². The minimum Gasteiger partial charge on any atom is -0.325 e. The summed E-state index contributed by atoms with van der Waals surface area (Å²) in [6.45, 7) is 1.93. The van der Waals surface area contributed by atoms with Gasteiger partial charge in [0.05, 0.1) is 11.7 Å². The molecular weight excluding hydrogens is 268 g/mol. The molecule has 8 heteroatoms. The predicted molar refractivity (Wildman–Crippen MR) is 74.7 cm³/mol. The highest BCUT2D eigenvalue weighted by atomic mass is 32.2. The van der Waals surface area contributed by atoms with Gasteiger partial charge in [0.25, 0.3) is 10.2 Å². The molecule has 19 heavy (non-hydrogen) atoms. The van der Waals surface area contributed by atoms with Crippen LogP contribution < -0.4 is 20.9 Å². The largest absolute Gasteiger partial charge is 0.325 e. The molecule has 0 heterocycles. The number of hydrogen-bond donors (Lipinski definition) is 4. The van der Waals surface area contributed by atoms with Crippen LogP contribution in [0, 0.1) is 0 Å². The van der Waals surface area contributed by atoms with Gasteiger partial charge in [-0.15, -0.1) is 0 Å². The lowest BCUT2D eigenvalue weighted by atomic mass is 10.1. The molecule has 1 rings (SSSR count). The zero-order valence-electron chi connectivity index (χ0n) is 10.6. The summed E-state index contributed by atoms with van der Waals surface area (Å²) in [5.74, 6) is -0.311. The minimum atomic E-state index is -3.83. The SMILES string of the molecule is CCC[C@@H](N)C(=O)Nc1cccc(NS(N)(=O)=O)c1. The van der Waals surface area contributed by atoms with Crippen molar-refractivity contribution in [3.8, 4) is 0 Å². The number of carbonyl (C=O) groups excluding carboxylic acids is 1. The van der Waals surface area contributed by atoms with Gasteiger partial charge in [0.15, 0.2) is 0 Å². The zero-order valence-corrected chi connectivity index (χ0v) is 11.4.